The van der Waals surface area contributed by atoms with Crippen molar-refractivity contribution >= 4 is 27.2 Å². The second kappa shape index (κ2) is 7.07. The van der Waals surface area contributed by atoms with Crippen LogP contribution in [0, 0.1) is 6.92 Å². The summed E-state index contributed by atoms with van der Waals surface area (Å²) in [5, 5.41) is 5.80. The van der Waals surface area contributed by atoms with E-state index in [4.69, 9.17) is 9.72 Å². The van der Waals surface area contributed by atoms with Gasteiger partial charge in [-0.25, -0.2) is 14.5 Å². The van der Waals surface area contributed by atoms with Crippen LogP contribution in [-0.4, -0.2) is 38.1 Å². The highest BCUT2D eigenvalue weighted by Crippen LogP contribution is 2.35. The lowest BCUT2D eigenvalue weighted by Gasteiger charge is -2.21. The van der Waals surface area contributed by atoms with Gasteiger partial charge in [-0.3, -0.25) is 0 Å². The van der Waals surface area contributed by atoms with Gasteiger partial charge in [-0.15, -0.1) is 16.4 Å². The first-order valence-corrected chi connectivity index (χ1v) is 10.9. The van der Waals surface area contributed by atoms with Gasteiger partial charge in [0.1, 0.15) is 23.5 Å². The number of ether oxygens (including phenoxy) is 1. The summed E-state index contributed by atoms with van der Waals surface area (Å²) in [6.45, 7) is 8.84. The highest BCUT2D eigenvalue weighted by Gasteiger charge is 2.22. The van der Waals surface area contributed by atoms with Crippen LogP contribution in [0.5, 0.6) is 5.75 Å². The molecule has 7 heteroatoms. The van der Waals surface area contributed by atoms with Crippen LogP contribution in [0.1, 0.15) is 47.2 Å². The Morgan fingerprint density at radius 2 is 2.14 bits per heavy atom. The van der Waals surface area contributed by atoms with Crippen LogP contribution in [0.15, 0.2) is 24.5 Å². The van der Waals surface area contributed by atoms with Gasteiger partial charge in [0.05, 0.1) is 5.39 Å². The number of fused-ring (bicyclic) bond motifs is 5. The highest BCUT2D eigenvalue weighted by atomic mass is 32.1. The summed E-state index contributed by atoms with van der Waals surface area (Å²) in [7, 11) is 2.17. The molecule has 0 saturated heterocycles. The normalized spacial score (nSPS) is 14.8. The van der Waals surface area contributed by atoms with E-state index in [1.165, 1.54) is 21.6 Å². The Morgan fingerprint density at radius 3 is 2.97 bits per heavy atom. The maximum Gasteiger partial charge on any atom is 0.189 e. The third kappa shape index (κ3) is 3.28. The molecule has 0 N–H and O–H groups in total. The Balaban J connectivity index is 1.50. The largest absolute Gasteiger partial charge is 0.485 e. The number of thiophene rings is 1. The van der Waals surface area contributed by atoms with E-state index in [-0.39, 0.29) is 0 Å². The van der Waals surface area contributed by atoms with Crippen LogP contribution in [0.4, 0.5) is 0 Å². The number of benzene rings is 1. The maximum absolute atomic E-state index is 6.15. The van der Waals surface area contributed by atoms with E-state index in [2.05, 4.69) is 61.0 Å². The zero-order valence-corrected chi connectivity index (χ0v) is 18.1. The van der Waals surface area contributed by atoms with Crippen molar-refractivity contribution in [2.24, 2.45) is 0 Å². The number of aromatic nitrogens is 4. The molecule has 1 aromatic carbocycles. The van der Waals surface area contributed by atoms with Crippen molar-refractivity contribution in [3.8, 4) is 5.75 Å². The van der Waals surface area contributed by atoms with Gasteiger partial charge in [0.25, 0.3) is 0 Å². The van der Waals surface area contributed by atoms with Crippen LogP contribution in [0.3, 0.4) is 0 Å². The zero-order chi connectivity index (χ0) is 20.1. The minimum atomic E-state index is 0.349. The lowest BCUT2D eigenvalue weighted by molar-refractivity contribution is 0.291. The van der Waals surface area contributed by atoms with Crippen molar-refractivity contribution in [2.45, 2.75) is 46.3 Å². The van der Waals surface area contributed by atoms with Crippen molar-refractivity contribution < 1.29 is 4.74 Å². The molecule has 4 heterocycles. The number of nitrogens with zero attached hydrogens (tertiary/aromatic N) is 5. The van der Waals surface area contributed by atoms with Crippen molar-refractivity contribution in [3.63, 3.8) is 0 Å². The van der Waals surface area contributed by atoms with E-state index < -0.39 is 0 Å². The predicted octanol–water partition coefficient (Wildman–Crippen LogP) is 4.34. The van der Waals surface area contributed by atoms with Crippen LogP contribution < -0.4 is 4.74 Å². The SMILES string of the molecule is Cc1ccc(C(C)C)c(OCc2nc3c4c5c(sc4ncn3n2)CN(C)CC5)c1. The minimum absolute atomic E-state index is 0.349. The van der Waals surface area contributed by atoms with Crippen LogP contribution in [0.25, 0.3) is 15.9 Å². The summed E-state index contributed by atoms with van der Waals surface area (Å²) in [6, 6.07) is 6.37. The second-order valence-corrected chi connectivity index (χ2v) is 9.28. The molecule has 4 aromatic rings. The van der Waals surface area contributed by atoms with Gasteiger partial charge in [0, 0.05) is 18.0 Å². The number of aryl methyl sites for hydroxylation is 1. The molecule has 29 heavy (non-hydrogen) atoms. The van der Waals surface area contributed by atoms with E-state index in [9.17, 15) is 0 Å². The molecule has 0 unspecified atom stereocenters. The summed E-state index contributed by atoms with van der Waals surface area (Å²) in [5.74, 6) is 2.00. The number of hydrogen-bond acceptors (Lipinski definition) is 6. The summed E-state index contributed by atoms with van der Waals surface area (Å²) in [5.41, 5.74) is 4.68. The van der Waals surface area contributed by atoms with E-state index >= 15 is 0 Å². The smallest absolute Gasteiger partial charge is 0.189 e. The zero-order valence-electron chi connectivity index (χ0n) is 17.3. The molecule has 150 valence electrons. The maximum atomic E-state index is 6.15. The predicted molar refractivity (Wildman–Crippen MR) is 116 cm³/mol. The van der Waals surface area contributed by atoms with Gasteiger partial charge in [-0.1, -0.05) is 26.0 Å². The molecule has 0 amide bonds. The number of rotatable bonds is 4. The Bertz CT molecular complexity index is 1210. The van der Waals surface area contributed by atoms with Crippen molar-refractivity contribution in [1.82, 2.24) is 24.5 Å². The third-order valence-electron chi connectivity index (χ3n) is 5.56. The molecule has 3 aromatic heterocycles. The molecule has 0 radical (unpaired) electrons. The molecule has 5 rings (SSSR count). The Labute approximate surface area is 174 Å². The number of likely N-dealkylation sites (N-methyl/N-ethyl adjacent to an activating group) is 1. The molecule has 0 saturated carbocycles. The lowest BCUT2D eigenvalue weighted by atomic mass is 10.0. The Morgan fingerprint density at radius 1 is 1.28 bits per heavy atom. The average molecular weight is 408 g/mol. The van der Waals surface area contributed by atoms with Gasteiger partial charge in [-0.2, -0.15) is 0 Å². The highest BCUT2D eigenvalue weighted by molar-refractivity contribution is 7.19. The van der Waals surface area contributed by atoms with Gasteiger partial charge < -0.3 is 9.64 Å². The molecule has 0 bridgehead atoms. The van der Waals surface area contributed by atoms with Crippen molar-refractivity contribution in [1.29, 1.82) is 0 Å². The molecule has 1 aliphatic rings. The van der Waals surface area contributed by atoms with Gasteiger partial charge >= 0.3 is 0 Å². The quantitative estimate of drug-likeness (QED) is 0.504. The van der Waals surface area contributed by atoms with Crippen molar-refractivity contribution in [2.75, 3.05) is 13.6 Å². The molecule has 0 fully saturated rings. The standard InChI is InChI=1S/C22H25N5OS/c1-13(2)15-6-5-14(3)9-17(15)28-11-19-24-21-20-16-7-8-26(4)10-18(16)29-22(20)23-12-27(21)25-19/h5-6,9,12-13H,7-8,10-11H2,1-4H3. The number of hydrogen-bond donors (Lipinski definition) is 0. The fourth-order valence-electron chi connectivity index (χ4n) is 4.01. The topological polar surface area (TPSA) is 55.6 Å². The fraction of sp³-hybridized carbons (Fsp3) is 0.409. The second-order valence-electron chi connectivity index (χ2n) is 8.20. The van der Waals surface area contributed by atoms with E-state index in [1.54, 1.807) is 22.2 Å². The van der Waals surface area contributed by atoms with E-state index in [0.717, 1.165) is 41.1 Å². The van der Waals surface area contributed by atoms with Crippen LogP contribution >= 0.6 is 11.3 Å². The molecule has 6 nitrogen and oxygen atoms in total. The monoisotopic (exact) mass is 407 g/mol. The van der Waals surface area contributed by atoms with E-state index in [0.29, 0.717) is 18.3 Å². The minimum Gasteiger partial charge on any atom is -0.485 e. The van der Waals surface area contributed by atoms with Crippen LogP contribution in [-0.2, 0) is 19.6 Å². The summed E-state index contributed by atoms with van der Waals surface area (Å²) >= 11 is 1.78. The molecular formula is C22H25N5OS. The average Bonchev–Trinajstić information content (AvgIpc) is 3.25. The first-order chi connectivity index (χ1) is 14.0. The summed E-state index contributed by atoms with van der Waals surface area (Å²) in [4.78, 5) is 14.3. The lowest BCUT2D eigenvalue weighted by Crippen LogP contribution is -2.25. The molecule has 1 aliphatic heterocycles. The summed E-state index contributed by atoms with van der Waals surface area (Å²) in [6.07, 6.45) is 2.80. The molecular weight excluding hydrogens is 382 g/mol. The first-order valence-electron chi connectivity index (χ1n) is 10.1. The fourth-order valence-corrected chi connectivity index (χ4v) is 5.27. The van der Waals surface area contributed by atoms with Crippen LogP contribution in [0.2, 0.25) is 0 Å². The molecule has 0 spiro atoms. The molecule has 0 aliphatic carbocycles. The van der Waals surface area contributed by atoms with Gasteiger partial charge in [0.15, 0.2) is 11.5 Å². The summed E-state index contributed by atoms with van der Waals surface area (Å²) < 4.78 is 7.95. The Kier molecular flexibility index (Phi) is 4.52. The van der Waals surface area contributed by atoms with E-state index in [1.807, 2.05) is 0 Å². The van der Waals surface area contributed by atoms with Crippen molar-refractivity contribution in [3.05, 3.63) is 51.9 Å². The third-order valence-corrected chi connectivity index (χ3v) is 6.68. The first kappa shape index (κ1) is 18.5. The molecule has 0 atom stereocenters. The van der Waals surface area contributed by atoms with Gasteiger partial charge in [-0.05, 0) is 49.1 Å². The van der Waals surface area contributed by atoms with Gasteiger partial charge in [0.2, 0.25) is 0 Å². The Hall–Kier alpha value is -2.51.